The lowest BCUT2D eigenvalue weighted by atomic mass is 10.1. The van der Waals surface area contributed by atoms with E-state index in [9.17, 15) is 4.39 Å². The predicted molar refractivity (Wildman–Crippen MR) is 70.1 cm³/mol. The highest BCUT2D eigenvalue weighted by molar-refractivity contribution is 4.95. The Hall–Kier alpha value is -0.150. The molecular weight excluding hydrogens is 217 g/mol. The molecule has 17 heavy (non-hydrogen) atoms. The molecule has 0 heterocycles. The fourth-order valence-corrected chi connectivity index (χ4v) is 2.08. The SMILES string of the molecule is CCC(F)CCN(C)CC1(COC(C)C)CC1. The first kappa shape index (κ1) is 14.9. The molecule has 0 amide bonds. The van der Waals surface area contributed by atoms with Gasteiger partial charge in [-0.15, -0.1) is 0 Å². The van der Waals surface area contributed by atoms with Crippen LogP contribution in [0.5, 0.6) is 0 Å². The van der Waals surface area contributed by atoms with E-state index < -0.39 is 6.17 Å². The molecule has 1 rings (SSSR count). The van der Waals surface area contributed by atoms with Crippen LogP contribution in [0.3, 0.4) is 0 Å². The molecule has 0 spiro atoms. The normalized spacial score (nSPS) is 19.9. The fraction of sp³-hybridized carbons (Fsp3) is 1.00. The van der Waals surface area contributed by atoms with Gasteiger partial charge in [-0.05, 0) is 46.6 Å². The second-order valence-corrected chi connectivity index (χ2v) is 5.89. The molecule has 1 unspecified atom stereocenters. The smallest absolute Gasteiger partial charge is 0.101 e. The van der Waals surface area contributed by atoms with Crippen LogP contribution in [0.15, 0.2) is 0 Å². The van der Waals surface area contributed by atoms with Gasteiger partial charge >= 0.3 is 0 Å². The Morgan fingerprint density at radius 1 is 1.35 bits per heavy atom. The zero-order chi connectivity index (χ0) is 12.9. The molecule has 102 valence electrons. The van der Waals surface area contributed by atoms with Gasteiger partial charge in [0.1, 0.15) is 6.17 Å². The largest absolute Gasteiger partial charge is 0.378 e. The Balaban J connectivity index is 2.19. The average molecular weight is 245 g/mol. The van der Waals surface area contributed by atoms with Crippen LogP contribution in [0, 0.1) is 5.41 Å². The molecule has 3 heteroatoms. The van der Waals surface area contributed by atoms with Crippen molar-refractivity contribution in [1.82, 2.24) is 4.90 Å². The van der Waals surface area contributed by atoms with E-state index in [2.05, 4.69) is 25.8 Å². The Bertz CT molecular complexity index is 216. The van der Waals surface area contributed by atoms with Gasteiger partial charge in [-0.25, -0.2) is 4.39 Å². The Morgan fingerprint density at radius 2 is 2.00 bits per heavy atom. The van der Waals surface area contributed by atoms with Gasteiger partial charge in [0.05, 0.1) is 12.7 Å². The molecule has 0 aromatic carbocycles. The van der Waals surface area contributed by atoms with Crippen molar-refractivity contribution in [2.45, 2.75) is 58.7 Å². The van der Waals surface area contributed by atoms with Crippen molar-refractivity contribution in [2.24, 2.45) is 5.41 Å². The molecule has 0 radical (unpaired) electrons. The van der Waals surface area contributed by atoms with Crippen LogP contribution >= 0.6 is 0 Å². The number of nitrogens with zero attached hydrogens (tertiary/aromatic N) is 1. The van der Waals surface area contributed by atoms with Gasteiger partial charge in [0.25, 0.3) is 0 Å². The summed E-state index contributed by atoms with van der Waals surface area (Å²) in [6.45, 7) is 8.84. The number of hydrogen-bond acceptors (Lipinski definition) is 2. The summed E-state index contributed by atoms with van der Waals surface area (Å²) in [6, 6.07) is 0. The van der Waals surface area contributed by atoms with E-state index >= 15 is 0 Å². The van der Waals surface area contributed by atoms with Crippen molar-refractivity contribution < 1.29 is 9.13 Å². The molecule has 1 aliphatic rings. The van der Waals surface area contributed by atoms with Crippen molar-refractivity contribution in [3.63, 3.8) is 0 Å². The van der Waals surface area contributed by atoms with Gasteiger partial charge < -0.3 is 9.64 Å². The zero-order valence-corrected chi connectivity index (χ0v) is 11.8. The lowest BCUT2D eigenvalue weighted by Crippen LogP contribution is -2.32. The number of rotatable bonds is 9. The first-order valence-electron chi connectivity index (χ1n) is 6.91. The van der Waals surface area contributed by atoms with Gasteiger partial charge in [-0.3, -0.25) is 0 Å². The number of alkyl halides is 1. The van der Waals surface area contributed by atoms with Crippen molar-refractivity contribution in [2.75, 3.05) is 26.7 Å². The summed E-state index contributed by atoms with van der Waals surface area (Å²) in [6.07, 6.45) is 3.49. The van der Waals surface area contributed by atoms with Crippen LogP contribution in [-0.4, -0.2) is 43.9 Å². The highest BCUT2D eigenvalue weighted by Crippen LogP contribution is 2.46. The van der Waals surface area contributed by atoms with Crippen molar-refractivity contribution >= 4 is 0 Å². The molecule has 1 fully saturated rings. The minimum absolute atomic E-state index is 0.313. The number of halogens is 1. The fourth-order valence-electron chi connectivity index (χ4n) is 2.08. The second-order valence-electron chi connectivity index (χ2n) is 5.89. The molecule has 0 aliphatic heterocycles. The molecule has 0 aromatic heterocycles. The lowest BCUT2D eigenvalue weighted by Gasteiger charge is -2.24. The standard InChI is InChI=1S/C14H28FNO/c1-5-13(15)6-9-16(4)10-14(7-8-14)11-17-12(2)3/h12-13H,5-11H2,1-4H3. The maximum Gasteiger partial charge on any atom is 0.101 e. The first-order valence-corrected chi connectivity index (χ1v) is 6.91. The van der Waals surface area contributed by atoms with Crippen LogP contribution in [0.2, 0.25) is 0 Å². The summed E-state index contributed by atoms with van der Waals surface area (Å²) in [5.74, 6) is 0. The van der Waals surface area contributed by atoms with Crippen LogP contribution < -0.4 is 0 Å². The van der Waals surface area contributed by atoms with E-state index in [0.29, 0.717) is 24.4 Å². The average Bonchev–Trinajstić information content (AvgIpc) is 3.03. The maximum atomic E-state index is 13.1. The van der Waals surface area contributed by atoms with E-state index in [1.165, 1.54) is 12.8 Å². The number of hydrogen-bond donors (Lipinski definition) is 0. The van der Waals surface area contributed by atoms with Crippen molar-refractivity contribution in [1.29, 1.82) is 0 Å². The number of ether oxygens (including phenoxy) is 1. The molecule has 1 saturated carbocycles. The van der Waals surface area contributed by atoms with Crippen LogP contribution in [-0.2, 0) is 4.74 Å². The van der Waals surface area contributed by atoms with Gasteiger partial charge in [-0.2, -0.15) is 0 Å². The van der Waals surface area contributed by atoms with Crippen LogP contribution in [0.4, 0.5) is 4.39 Å². The van der Waals surface area contributed by atoms with E-state index in [1.54, 1.807) is 0 Å². The minimum atomic E-state index is -0.639. The van der Waals surface area contributed by atoms with Gasteiger partial charge in [-0.1, -0.05) is 6.92 Å². The summed E-state index contributed by atoms with van der Waals surface area (Å²) < 4.78 is 18.9. The van der Waals surface area contributed by atoms with Crippen molar-refractivity contribution in [3.8, 4) is 0 Å². The first-order chi connectivity index (χ1) is 7.97. The van der Waals surface area contributed by atoms with E-state index in [-0.39, 0.29) is 0 Å². The lowest BCUT2D eigenvalue weighted by molar-refractivity contribution is 0.0330. The third-order valence-corrected chi connectivity index (χ3v) is 3.55. The summed E-state index contributed by atoms with van der Waals surface area (Å²) in [4.78, 5) is 2.26. The predicted octanol–water partition coefficient (Wildman–Crippen LogP) is 3.26. The van der Waals surface area contributed by atoms with E-state index in [0.717, 1.165) is 19.7 Å². The summed E-state index contributed by atoms with van der Waals surface area (Å²) >= 11 is 0. The topological polar surface area (TPSA) is 12.5 Å². The quantitative estimate of drug-likeness (QED) is 0.618. The van der Waals surface area contributed by atoms with E-state index in [4.69, 9.17) is 4.74 Å². The van der Waals surface area contributed by atoms with Gasteiger partial charge in [0.15, 0.2) is 0 Å². The third-order valence-electron chi connectivity index (χ3n) is 3.55. The summed E-state index contributed by atoms with van der Waals surface area (Å²) in [7, 11) is 2.10. The Morgan fingerprint density at radius 3 is 2.47 bits per heavy atom. The van der Waals surface area contributed by atoms with Gasteiger partial charge in [0.2, 0.25) is 0 Å². The Kier molecular flexibility index (Phi) is 5.87. The summed E-state index contributed by atoms with van der Waals surface area (Å²) in [5, 5.41) is 0. The molecule has 0 aromatic rings. The van der Waals surface area contributed by atoms with Crippen LogP contribution in [0.1, 0.15) is 46.5 Å². The molecule has 2 nitrogen and oxygen atoms in total. The Labute approximate surface area is 106 Å². The highest BCUT2D eigenvalue weighted by Gasteiger charge is 2.43. The van der Waals surface area contributed by atoms with Gasteiger partial charge in [0, 0.05) is 18.5 Å². The molecule has 1 atom stereocenters. The minimum Gasteiger partial charge on any atom is -0.378 e. The maximum absolute atomic E-state index is 13.1. The van der Waals surface area contributed by atoms with Crippen LogP contribution in [0.25, 0.3) is 0 Å². The third kappa shape index (κ3) is 5.82. The molecular formula is C14H28FNO. The zero-order valence-electron chi connectivity index (χ0n) is 11.8. The molecule has 1 aliphatic carbocycles. The van der Waals surface area contributed by atoms with E-state index in [1.807, 2.05) is 6.92 Å². The molecule has 0 saturated heterocycles. The molecule has 0 N–H and O–H groups in total. The summed E-state index contributed by atoms with van der Waals surface area (Å²) in [5.41, 5.74) is 0.372. The molecule has 0 bridgehead atoms. The monoisotopic (exact) mass is 245 g/mol. The highest BCUT2D eigenvalue weighted by atomic mass is 19.1. The van der Waals surface area contributed by atoms with Crippen molar-refractivity contribution in [3.05, 3.63) is 0 Å². The second kappa shape index (κ2) is 6.69.